The summed E-state index contributed by atoms with van der Waals surface area (Å²) < 4.78 is 38.6. The van der Waals surface area contributed by atoms with Crippen molar-refractivity contribution in [1.82, 2.24) is 5.32 Å². The van der Waals surface area contributed by atoms with E-state index in [9.17, 15) is 17.6 Å². The van der Waals surface area contributed by atoms with Gasteiger partial charge in [-0.25, -0.2) is 12.8 Å². The van der Waals surface area contributed by atoms with Gasteiger partial charge in [0.25, 0.3) is 0 Å². The van der Waals surface area contributed by atoms with Gasteiger partial charge in [0, 0.05) is 11.6 Å². The number of anilines is 1. The van der Waals surface area contributed by atoms with Crippen molar-refractivity contribution in [3.05, 3.63) is 64.4 Å². The molecule has 0 saturated carbocycles. The van der Waals surface area contributed by atoms with Gasteiger partial charge in [-0.3, -0.25) is 9.10 Å². The maximum Gasteiger partial charge on any atom is 0.243 e. The van der Waals surface area contributed by atoms with Gasteiger partial charge in [0.15, 0.2) is 0 Å². The third-order valence-electron chi connectivity index (χ3n) is 3.88. The maximum atomic E-state index is 12.9. The summed E-state index contributed by atoms with van der Waals surface area (Å²) in [7, 11) is -3.73. The predicted molar refractivity (Wildman–Crippen MR) is 101 cm³/mol. The van der Waals surface area contributed by atoms with Crippen LogP contribution >= 0.6 is 11.6 Å². The summed E-state index contributed by atoms with van der Waals surface area (Å²) in [6, 6.07) is 9.57. The van der Waals surface area contributed by atoms with Crippen molar-refractivity contribution in [3.8, 4) is 0 Å². The van der Waals surface area contributed by atoms with Gasteiger partial charge >= 0.3 is 0 Å². The van der Waals surface area contributed by atoms with Crippen molar-refractivity contribution in [2.24, 2.45) is 0 Å². The lowest BCUT2D eigenvalue weighted by atomic mass is 10.1. The summed E-state index contributed by atoms with van der Waals surface area (Å²) >= 11 is 6.00. The first-order chi connectivity index (χ1) is 12.1. The normalized spacial score (nSPS) is 12.5. The molecule has 140 valence electrons. The Labute approximate surface area is 157 Å². The molecule has 1 amide bonds. The number of rotatable bonds is 6. The van der Waals surface area contributed by atoms with Crippen LogP contribution in [0, 0.1) is 12.7 Å². The van der Waals surface area contributed by atoms with E-state index >= 15 is 0 Å². The van der Waals surface area contributed by atoms with Gasteiger partial charge in [0.1, 0.15) is 11.9 Å². The number of halogens is 2. The second-order valence-corrected chi connectivity index (χ2v) is 8.31. The van der Waals surface area contributed by atoms with Gasteiger partial charge in [-0.15, -0.1) is 0 Å². The van der Waals surface area contributed by atoms with Crippen molar-refractivity contribution < 1.29 is 17.6 Å². The van der Waals surface area contributed by atoms with E-state index in [1.165, 1.54) is 25.1 Å². The number of sulfonamides is 1. The van der Waals surface area contributed by atoms with Gasteiger partial charge in [0.05, 0.1) is 11.9 Å². The lowest BCUT2D eigenvalue weighted by Gasteiger charge is -2.29. The number of nitrogens with one attached hydrogen (secondary N) is 1. The fourth-order valence-electron chi connectivity index (χ4n) is 2.54. The minimum atomic E-state index is -3.73. The Kier molecular flexibility index (Phi) is 6.26. The van der Waals surface area contributed by atoms with Crippen LogP contribution in [-0.2, 0) is 21.4 Å². The number of nitrogens with zero attached hydrogens (tertiary/aromatic N) is 1. The van der Waals surface area contributed by atoms with E-state index < -0.39 is 22.0 Å². The van der Waals surface area contributed by atoms with Gasteiger partial charge in [-0.2, -0.15) is 0 Å². The summed E-state index contributed by atoms with van der Waals surface area (Å²) in [5.74, 6) is -0.841. The molecule has 0 radical (unpaired) electrons. The van der Waals surface area contributed by atoms with Crippen LogP contribution in [0.3, 0.4) is 0 Å². The Morgan fingerprint density at radius 1 is 1.23 bits per heavy atom. The minimum Gasteiger partial charge on any atom is -0.350 e. The van der Waals surface area contributed by atoms with E-state index in [1.807, 2.05) is 0 Å². The molecule has 0 heterocycles. The maximum absolute atomic E-state index is 12.9. The number of hydrogen-bond donors (Lipinski definition) is 1. The van der Waals surface area contributed by atoms with Gasteiger partial charge in [0.2, 0.25) is 15.9 Å². The molecule has 1 N–H and O–H groups in total. The number of hydrogen-bond acceptors (Lipinski definition) is 3. The average Bonchev–Trinajstić information content (AvgIpc) is 2.56. The molecule has 2 aromatic rings. The Bertz CT molecular complexity index is 901. The predicted octanol–water partition coefficient (Wildman–Crippen LogP) is 3.26. The summed E-state index contributed by atoms with van der Waals surface area (Å²) in [6.45, 7) is 3.41. The highest BCUT2D eigenvalue weighted by molar-refractivity contribution is 7.92. The highest BCUT2D eigenvalue weighted by atomic mass is 35.5. The minimum absolute atomic E-state index is 0.162. The van der Waals surface area contributed by atoms with Crippen LogP contribution < -0.4 is 9.62 Å². The first-order valence-electron chi connectivity index (χ1n) is 7.87. The van der Waals surface area contributed by atoms with Crippen LogP contribution in [0.25, 0.3) is 0 Å². The Hall–Kier alpha value is -2.12. The second kappa shape index (κ2) is 8.05. The summed E-state index contributed by atoms with van der Waals surface area (Å²) in [4.78, 5) is 12.5. The summed E-state index contributed by atoms with van der Waals surface area (Å²) in [5.41, 5.74) is 1.74. The van der Waals surface area contributed by atoms with Crippen molar-refractivity contribution in [2.45, 2.75) is 26.4 Å². The third kappa shape index (κ3) is 4.95. The van der Waals surface area contributed by atoms with E-state index in [0.29, 0.717) is 21.8 Å². The Balaban J connectivity index is 2.23. The van der Waals surface area contributed by atoms with Crippen molar-refractivity contribution in [1.29, 1.82) is 0 Å². The quantitative estimate of drug-likeness (QED) is 0.812. The summed E-state index contributed by atoms with van der Waals surface area (Å²) in [6.07, 6.45) is 1.04. The zero-order valence-corrected chi connectivity index (χ0v) is 16.2. The van der Waals surface area contributed by atoms with Gasteiger partial charge in [-0.1, -0.05) is 29.8 Å². The topological polar surface area (TPSA) is 66.5 Å². The largest absolute Gasteiger partial charge is 0.350 e. The number of benzene rings is 2. The Morgan fingerprint density at radius 3 is 2.42 bits per heavy atom. The molecule has 5 nitrogen and oxygen atoms in total. The standard InChI is InChI=1S/C18H20ClFN2O3S/c1-12-4-7-15(19)10-17(12)22(26(3,24)25)13(2)18(23)21-11-14-5-8-16(20)9-6-14/h4-10,13H,11H2,1-3H3,(H,21,23)/t13-/m0/s1. The SMILES string of the molecule is Cc1ccc(Cl)cc1N([C@@H](C)C(=O)NCc1ccc(F)cc1)S(C)(=O)=O. The molecule has 0 spiro atoms. The molecule has 0 aliphatic carbocycles. The lowest BCUT2D eigenvalue weighted by molar-refractivity contribution is -0.122. The van der Waals surface area contributed by atoms with Crippen LogP contribution in [0.2, 0.25) is 5.02 Å². The van der Waals surface area contributed by atoms with Crippen LogP contribution in [0.1, 0.15) is 18.1 Å². The van der Waals surface area contributed by atoms with Crippen LogP contribution in [0.4, 0.5) is 10.1 Å². The van der Waals surface area contributed by atoms with Gasteiger partial charge in [-0.05, 0) is 49.2 Å². The average molecular weight is 399 g/mol. The van der Waals surface area contributed by atoms with Gasteiger partial charge < -0.3 is 5.32 Å². The molecule has 0 bridgehead atoms. The highest BCUT2D eigenvalue weighted by Gasteiger charge is 2.30. The van der Waals surface area contributed by atoms with E-state index in [1.54, 1.807) is 31.2 Å². The van der Waals surface area contributed by atoms with E-state index in [2.05, 4.69) is 5.32 Å². The monoisotopic (exact) mass is 398 g/mol. The molecule has 0 aliphatic heterocycles. The molecule has 0 fully saturated rings. The zero-order chi connectivity index (χ0) is 19.5. The van der Waals surface area contributed by atoms with E-state index in [4.69, 9.17) is 11.6 Å². The molecule has 0 saturated heterocycles. The number of carbonyl (C=O) groups excluding carboxylic acids is 1. The second-order valence-electron chi connectivity index (χ2n) is 6.01. The molecule has 0 aromatic heterocycles. The smallest absolute Gasteiger partial charge is 0.243 e. The Morgan fingerprint density at radius 2 is 1.85 bits per heavy atom. The van der Waals surface area contributed by atoms with E-state index in [-0.39, 0.29) is 12.4 Å². The number of carbonyl (C=O) groups is 1. The summed E-state index contributed by atoms with van der Waals surface area (Å²) in [5, 5.41) is 3.05. The number of amides is 1. The fraction of sp³-hybridized carbons (Fsp3) is 0.278. The molecule has 0 unspecified atom stereocenters. The molecule has 2 aromatic carbocycles. The zero-order valence-electron chi connectivity index (χ0n) is 14.7. The first-order valence-corrected chi connectivity index (χ1v) is 10.1. The third-order valence-corrected chi connectivity index (χ3v) is 5.34. The fourth-order valence-corrected chi connectivity index (χ4v) is 3.93. The molecule has 0 aliphatic rings. The first kappa shape index (κ1) is 20.2. The number of aryl methyl sites for hydroxylation is 1. The van der Waals surface area contributed by atoms with Crippen molar-refractivity contribution in [2.75, 3.05) is 10.6 Å². The molecular formula is C18H20ClFN2O3S. The van der Waals surface area contributed by atoms with Crippen LogP contribution in [0.15, 0.2) is 42.5 Å². The molecular weight excluding hydrogens is 379 g/mol. The van der Waals surface area contributed by atoms with Crippen LogP contribution in [-0.4, -0.2) is 26.6 Å². The molecule has 26 heavy (non-hydrogen) atoms. The van der Waals surface area contributed by atoms with Crippen molar-refractivity contribution in [3.63, 3.8) is 0 Å². The van der Waals surface area contributed by atoms with Crippen LogP contribution in [0.5, 0.6) is 0 Å². The lowest BCUT2D eigenvalue weighted by Crippen LogP contribution is -2.48. The van der Waals surface area contributed by atoms with E-state index in [0.717, 1.165) is 10.6 Å². The molecule has 2 rings (SSSR count). The molecule has 8 heteroatoms. The molecule has 1 atom stereocenters. The van der Waals surface area contributed by atoms with Crippen molar-refractivity contribution >= 4 is 33.2 Å². The highest BCUT2D eigenvalue weighted by Crippen LogP contribution is 2.28.